The molecule has 1 aliphatic rings. The molecule has 0 saturated heterocycles. The lowest BCUT2D eigenvalue weighted by Crippen LogP contribution is -2.28. The first-order valence-corrected chi connectivity index (χ1v) is 9.50. The van der Waals surface area contributed by atoms with E-state index in [1.807, 2.05) is 24.3 Å². The van der Waals surface area contributed by atoms with E-state index in [9.17, 15) is 14.4 Å². The number of methoxy groups -OCH3 is 1. The van der Waals surface area contributed by atoms with Gasteiger partial charge in [-0.15, -0.1) is 0 Å². The number of furan rings is 1. The molecule has 0 saturated carbocycles. The van der Waals surface area contributed by atoms with Gasteiger partial charge in [-0.05, 0) is 54.4 Å². The molecule has 0 spiro atoms. The van der Waals surface area contributed by atoms with Crippen LogP contribution in [0, 0.1) is 0 Å². The fourth-order valence-electron chi connectivity index (χ4n) is 3.35. The number of hydrogen-bond acceptors (Lipinski definition) is 5. The highest BCUT2D eigenvalue weighted by Crippen LogP contribution is 2.25. The summed E-state index contributed by atoms with van der Waals surface area (Å²) in [5, 5.41) is 2.85. The van der Waals surface area contributed by atoms with Crippen LogP contribution in [0.3, 0.4) is 0 Å². The van der Waals surface area contributed by atoms with Gasteiger partial charge in [-0.25, -0.2) is 0 Å². The maximum Gasteiger partial charge on any atom is 0.261 e. The molecule has 0 fully saturated rings. The van der Waals surface area contributed by atoms with Gasteiger partial charge in [0.15, 0.2) is 0 Å². The molecule has 1 N–H and O–H groups in total. The third-order valence-corrected chi connectivity index (χ3v) is 4.99. The highest BCUT2D eigenvalue weighted by molar-refractivity contribution is 6.22. The minimum Gasteiger partial charge on any atom is -0.497 e. The Morgan fingerprint density at radius 1 is 1.03 bits per heavy atom. The molecule has 2 heterocycles. The fourth-order valence-corrected chi connectivity index (χ4v) is 3.35. The minimum atomic E-state index is -0.431. The first-order valence-electron chi connectivity index (χ1n) is 9.50. The van der Waals surface area contributed by atoms with Crippen LogP contribution in [0.25, 0.3) is 0 Å². The van der Waals surface area contributed by atoms with Crippen LogP contribution >= 0.6 is 0 Å². The maximum atomic E-state index is 12.7. The molecule has 7 heteroatoms. The number of imide groups is 1. The molecular weight excluding hydrogens is 384 g/mol. The summed E-state index contributed by atoms with van der Waals surface area (Å²) in [5.41, 5.74) is 1.93. The average Bonchev–Trinajstić information content (AvgIpc) is 3.37. The number of fused-ring (bicyclic) bond motifs is 1. The predicted molar refractivity (Wildman–Crippen MR) is 108 cm³/mol. The van der Waals surface area contributed by atoms with Crippen molar-refractivity contribution in [1.29, 1.82) is 0 Å². The van der Waals surface area contributed by atoms with Crippen molar-refractivity contribution in [2.75, 3.05) is 13.7 Å². The van der Waals surface area contributed by atoms with E-state index < -0.39 is 11.8 Å². The van der Waals surface area contributed by atoms with Gasteiger partial charge in [0.1, 0.15) is 11.5 Å². The Morgan fingerprint density at radius 2 is 1.80 bits per heavy atom. The molecule has 1 aromatic heterocycles. The molecule has 3 amide bonds. The first-order chi connectivity index (χ1) is 14.6. The summed E-state index contributed by atoms with van der Waals surface area (Å²) in [7, 11) is 1.61. The second-order valence-corrected chi connectivity index (χ2v) is 6.89. The van der Waals surface area contributed by atoms with Gasteiger partial charge >= 0.3 is 0 Å². The van der Waals surface area contributed by atoms with Gasteiger partial charge in [0.05, 0.1) is 31.0 Å². The third kappa shape index (κ3) is 3.82. The number of benzene rings is 2. The van der Waals surface area contributed by atoms with Crippen molar-refractivity contribution in [3.05, 3.63) is 88.9 Å². The van der Waals surface area contributed by atoms with Crippen molar-refractivity contribution in [3.63, 3.8) is 0 Å². The minimum absolute atomic E-state index is 0.0583. The Balaban J connectivity index is 1.40. The van der Waals surface area contributed by atoms with Gasteiger partial charge in [-0.3, -0.25) is 19.3 Å². The van der Waals surface area contributed by atoms with E-state index in [2.05, 4.69) is 5.32 Å². The molecule has 2 aromatic carbocycles. The molecule has 0 unspecified atom stereocenters. The van der Waals surface area contributed by atoms with Gasteiger partial charge in [0, 0.05) is 12.1 Å². The number of carbonyl (C=O) groups is 3. The van der Waals surface area contributed by atoms with Gasteiger partial charge < -0.3 is 14.5 Å². The molecule has 1 aliphatic heterocycles. The van der Waals surface area contributed by atoms with E-state index in [4.69, 9.17) is 9.15 Å². The van der Waals surface area contributed by atoms with Crippen LogP contribution in [0.15, 0.2) is 65.3 Å². The van der Waals surface area contributed by atoms with Crippen molar-refractivity contribution >= 4 is 17.7 Å². The van der Waals surface area contributed by atoms with Crippen LogP contribution in [0.5, 0.6) is 5.75 Å². The summed E-state index contributed by atoms with van der Waals surface area (Å²) in [4.78, 5) is 38.8. The SMILES string of the molecule is COc1ccc(CCNC(=O)c2ccc3c(c2)C(=O)N(Cc2ccco2)C3=O)cc1. The Bertz CT molecular complexity index is 1090. The largest absolute Gasteiger partial charge is 0.497 e. The molecule has 3 aromatic rings. The smallest absolute Gasteiger partial charge is 0.261 e. The molecule has 30 heavy (non-hydrogen) atoms. The zero-order chi connectivity index (χ0) is 21.1. The molecule has 152 valence electrons. The summed E-state index contributed by atoms with van der Waals surface area (Å²) in [6.07, 6.45) is 2.15. The molecule has 0 radical (unpaired) electrons. The van der Waals surface area contributed by atoms with Crippen LogP contribution in [0.1, 0.15) is 42.4 Å². The van der Waals surface area contributed by atoms with Crippen LogP contribution < -0.4 is 10.1 Å². The van der Waals surface area contributed by atoms with Gasteiger partial charge in [0.25, 0.3) is 17.7 Å². The van der Waals surface area contributed by atoms with Crippen molar-refractivity contribution in [1.82, 2.24) is 10.2 Å². The Labute approximate surface area is 173 Å². The zero-order valence-electron chi connectivity index (χ0n) is 16.4. The average molecular weight is 404 g/mol. The number of nitrogens with zero attached hydrogens (tertiary/aromatic N) is 1. The van der Waals surface area contributed by atoms with Crippen molar-refractivity contribution in [3.8, 4) is 5.75 Å². The molecule has 0 aliphatic carbocycles. The Morgan fingerprint density at radius 3 is 2.50 bits per heavy atom. The Hall–Kier alpha value is -3.87. The molecular formula is C23H20N2O5. The molecule has 0 bridgehead atoms. The highest BCUT2D eigenvalue weighted by Gasteiger charge is 2.36. The number of ether oxygens (including phenoxy) is 1. The van der Waals surface area contributed by atoms with Crippen LogP contribution in [0.2, 0.25) is 0 Å². The van der Waals surface area contributed by atoms with Gasteiger partial charge in [-0.2, -0.15) is 0 Å². The van der Waals surface area contributed by atoms with Crippen molar-refractivity contribution in [2.24, 2.45) is 0 Å². The second-order valence-electron chi connectivity index (χ2n) is 6.89. The number of hydrogen-bond donors (Lipinski definition) is 1. The van der Waals surface area contributed by atoms with Gasteiger partial charge in [0.2, 0.25) is 0 Å². The lowest BCUT2D eigenvalue weighted by atomic mass is 10.1. The van der Waals surface area contributed by atoms with E-state index in [0.29, 0.717) is 29.9 Å². The molecule has 0 atom stereocenters. The fraction of sp³-hybridized carbons (Fsp3) is 0.174. The highest BCUT2D eigenvalue weighted by atomic mass is 16.5. The van der Waals surface area contributed by atoms with Gasteiger partial charge in [-0.1, -0.05) is 12.1 Å². The van der Waals surface area contributed by atoms with Crippen LogP contribution in [-0.2, 0) is 13.0 Å². The summed E-state index contributed by atoms with van der Waals surface area (Å²) in [6, 6.07) is 15.6. The topological polar surface area (TPSA) is 88.8 Å². The number of rotatable bonds is 7. The quantitative estimate of drug-likeness (QED) is 0.612. The van der Waals surface area contributed by atoms with Crippen LogP contribution in [0.4, 0.5) is 0 Å². The normalized spacial score (nSPS) is 12.8. The molecule has 4 rings (SSSR count). The van der Waals surface area contributed by atoms with Crippen molar-refractivity contribution < 1.29 is 23.5 Å². The lowest BCUT2D eigenvalue weighted by Gasteiger charge is -2.11. The number of amides is 3. The zero-order valence-corrected chi connectivity index (χ0v) is 16.4. The monoisotopic (exact) mass is 404 g/mol. The predicted octanol–water partition coefficient (Wildman–Crippen LogP) is 3.06. The van der Waals surface area contributed by atoms with E-state index >= 15 is 0 Å². The standard InChI is InChI=1S/C23H20N2O5/c1-29-17-7-4-15(5-8-17)10-11-24-21(26)16-6-9-19-20(13-16)23(28)25(22(19)27)14-18-3-2-12-30-18/h2-9,12-13H,10-11,14H2,1H3,(H,24,26). The lowest BCUT2D eigenvalue weighted by molar-refractivity contribution is 0.0631. The maximum absolute atomic E-state index is 12.7. The van der Waals surface area contributed by atoms with Crippen LogP contribution in [-0.4, -0.2) is 36.3 Å². The summed E-state index contributed by atoms with van der Waals surface area (Å²) >= 11 is 0. The second kappa shape index (κ2) is 8.24. The third-order valence-electron chi connectivity index (χ3n) is 4.99. The molecule has 7 nitrogen and oxygen atoms in total. The summed E-state index contributed by atoms with van der Waals surface area (Å²) in [6.45, 7) is 0.502. The number of carbonyl (C=O) groups excluding carboxylic acids is 3. The Kier molecular flexibility index (Phi) is 5.34. The van der Waals surface area contributed by atoms with E-state index in [-0.39, 0.29) is 18.0 Å². The summed E-state index contributed by atoms with van der Waals surface area (Å²) in [5.74, 6) is 0.176. The summed E-state index contributed by atoms with van der Waals surface area (Å²) < 4.78 is 10.4. The number of nitrogens with one attached hydrogen (secondary N) is 1. The van der Waals surface area contributed by atoms with E-state index in [1.165, 1.54) is 18.4 Å². The van der Waals surface area contributed by atoms with Crippen molar-refractivity contribution in [2.45, 2.75) is 13.0 Å². The van der Waals surface area contributed by atoms with E-state index in [1.54, 1.807) is 25.3 Å². The first kappa shape index (κ1) is 19.4. The van der Waals surface area contributed by atoms with E-state index in [0.717, 1.165) is 16.2 Å².